The summed E-state index contributed by atoms with van der Waals surface area (Å²) in [7, 11) is -3.23. The van der Waals surface area contributed by atoms with E-state index < -0.39 is 10.0 Å². The molecule has 2 heterocycles. The lowest BCUT2D eigenvalue weighted by Crippen LogP contribution is -2.47. The third-order valence-electron chi connectivity index (χ3n) is 5.08. The van der Waals surface area contributed by atoms with Gasteiger partial charge in [0.1, 0.15) is 0 Å². The Morgan fingerprint density at radius 2 is 1.91 bits per heavy atom. The van der Waals surface area contributed by atoms with Gasteiger partial charge >= 0.3 is 0 Å². The molecule has 5 nitrogen and oxygen atoms in total. The number of hydrogen-bond donors (Lipinski definition) is 2. The van der Waals surface area contributed by atoms with Crippen LogP contribution in [0.2, 0.25) is 0 Å². The van der Waals surface area contributed by atoms with Crippen molar-refractivity contribution in [2.75, 3.05) is 19.6 Å². The van der Waals surface area contributed by atoms with Crippen LogP contribution in [0.3, 0.4) is 0 Å². The molecule has 0 spiro atoms. The van der Waals surface area contributed by atoms with E-state index in [-0.39, 0.29) is 5.25 Å². The van der Waals surface area contributed by atoms with Gasteiger partial charge in [-0.1, -0.05) is 30.3 Å². The third kappa shape index (κ3) is 4.32. The van der Waals surface area contributed by atoms with E-state index in [1.807, 2.05) is 30.3 Å². The van der Waals surface area contributed by atoms with Gasteiger partial charge in [-0.2, -0.15) is 0 Å². The Morgan fingerprint density at radius 3 is 2.52 bits per heavy atom. The highest BCUT2D eigenvalue weighted by atomic mass is 32.2. The van der Waals surface area contributed by atoms with Crippen LogP contribution in [0.15, 0.2) is 30.3 Å². The van der Waals surface area contributed by atoms with Crippen molar-refractivity contribution in [2.24, 2.45) is 0 Å². The van der Waals surface area contributed by atoms with E-state index in [0.717, 1.165) is 38.0 Å². The summed E-state index contributed by atoms with van der Waals surface area (Å²) in [5.41, 5.74) is 1.000. The van der Waals surface area contributed by atoms with Crippen molar-refractivity contribution >= 4 is 10.0 Å². The Kier molecular flexibility index (Phi) is 5.36. The minimum Gasteiger partial charge on any atom is -0.313 e. The molecule has 0 saturated carbocycles. The summed E-state index contributed by atoms with van der Waals surface area (Å²) in [5.74, 6) is 0. The molecule has 0 radical (unpaired) electrons. The third-order valence-corrected chi connectivity index (χ3v) is 6.98. The number of hydrogen-bond acceptors (Lipinski definition) is 4. The van der Waals surface area contributed by atoms with E-state index in [9.17, 15) is 8.42 Å². The van der Waals surface area contributed by atoms with Gasteiger partial charge in [-0.05, 0) is 44.8 Å². The molecule has 6 heteroatoms. The van der Waals surface area contributed by atoms with Crippen molar-refractivity contribution in [3.8, 4) is 0 Å². The monoisotopic (exact) mass is 337 g/mol. The van der Waals surface area contributed by atoms with Crippen molar-refractivity contribution in [1.82, 2.24) is 14.9 Å². The summed E-state index contributed by atoms with van der Waals surface area (Å²) < 4.78 is 27.8. The average Bonchev–Trinajstić information content (AvgIpc) is 3.01. The molecule has 0 bridgehead atoms. The van der Waals surface area contributed by atoms with Crippen LogP contribution < -0.4 is 10.0 Å². The van der Waals surface area contributed by atoms with Crippen molar-refractivity contribution < 1.29 is 8.42 Å². The van der Waals surface area contributed by atoms with Crippen molar-refractivity contribution in [3.05, 3.63) is 35.9 Å². The summed E-state index contributed by atoms with van der Waals surface area (Å²) in [6.45, 7) is 5.40. The first-order valence-electron chi connectivity index (χ1n) is 8.54. The van der Waals surface area contributed by atoms with Gasteiger partial charge in [-0.3, -0.25) is 4.90 Å². The van der Waals surface area contributed by atoms with Crippen molar-refractivity contribution in [2.45, 2.75) is 50.1 Å². The van der Waals surface area contributed by atoms with E-state index in [0.29, 0.717) is 18.6 Å². The number of piperidine rings is 1. The lowest BCUT2D eigenvalue weighted by atomic mass is 10.1. The Morgan fingerprint density at radius 1 is 1.22 bits per heavy atom. The van der Waals surface area contributed by atoms with Gasteiger partial charge in [0.25, 0.3) is 0 Å². The van der Waals surface area contributed by atoms with E-state index in [1.54, 1.807) is 0 Å². The zero-order valence-electron chi connectivity index (χ0n) is 13.7. The fourth-order valence-electron chi connectivity index (χ4n) is 3.64. The van der Waals surface area contributed by atoms with E-state index in [2.05, 4.69) is 21.9 Å². The molecule has 2 saturated heterocycles. The Hall–Kier alpha value is -0.950. The lowest BCUT2D eigenvalue weighted by Gasteiger charge is -2.35. The second-order valence-corrected chi connectivity index (χ2v) is 8.83. The molecular formula is C17H27N3O2S. The van der Waals surface area contributed by atoms with Crippen LogP contribution in [0.4, 0.5) is 0 Å². The SMILES string of the molecule is CC1CC(N2CCC(S(=O)(=O)NCc3ccccc3)CC2)CN1. The summed E-state index contributed by atoms with van der Waals surface area (Å²) >= 11 is 0. The summed E-state index contributed by atoms with van der Waals surface area (Å²) in [4.78, 5) is 2.46. The van der Waals surface area contributed by atoms with Crippen LogP contribution in [-0.4, -0.2) is 50.3 Å². The average molecular weight is 337 g/mol. The smallest absolute Gasteiger partial charge is 0.214 e. The number of sulfonamides is 1. The Labute approximate surface area is 139 Å². The molecule has 1 aromatic carbocycles. The summed E-state index contributed by atoms with van der Waals surface area (Å²) in [5, 5.41) is 3.22. The molecule has 2 atom stereocenters. The molecule has 2 unspecified atom stereocenters. The van der Waals surface area contributed by atoms with Gasteiger partial charge < -0.3 is 5.32 Å². The topological polar surface area (TPSA) is 61.4 Å². The van der Waals surface area contributed by atoms with Crippen molar-refractivity contribution in [3.63, 3.8) is 0 Å². The minimum absolute atomic E-state index is 0.255. The molecule has 0 amide bonds. The van der Waals surface area contributed by atoms with Gasteiger partial charge in [-0.15, -0.1) is 0 Å². The Balaban J connectivity index is 1.50. The maximum Gasteiger partial charge on any atom is 0.214 e. The molecule has 128 valence electrons. The first-order valence-corrected chi connectivity index (χ1v) is 10.1. The van der Waals surface area contributed by atoms with Gasteiger partial charge in [0.2, 0.25) is 10.0 Å². The van der Waals surface area contributed by atoms with Crippen LogP contribution in [-0.2, 0) is 16.6 Å². The Bertz CT molecular complexity index is 598. The number of rotatable bonds is 5. The van der Waals surface area contributed by atoms with E-state index >= 15 is 0 Å². The largest absolute Gasteiger partial charge is 0.313 e. The molecule has 0 aromatic heterocycles. The summed E-state index contributed by atoms with van der Waals surface area (Å²) in [6, 6.07) is 10.8. The van der Waals surface area contributed by atoms with Gasteiger partial charge in [-0.25, -0.2) is 13.1 Å². The second-order valence-electron chi connectivity index (χ2n) is 6.79. The number of likely N-dealkylation sites (tertiary alicyclic amines) is 1. The maximum atomic E-state index is 12.5. The second kappa shape index (κ2) is 7.30. The predicted octanol–water partition coefficient (Wildman–Crippen LogP) is 1.32. The van der Waals surface area contributed by atoms with Gasteiger partial charge in [0.05, 0.1) is 5.25 Å². The van der Waals surface area contributed by atoms with Gasteiger partial charge in [0.15, 0.2) is 0 Å². The highest BCUT2D eigenvalue weighted by molar-refractivity contribution is 7.90. The molecule has 3 rings (SSSR count). The minimum atomic E-state index is -3.23. The maximum absolute atomic E-state index is 12.5. The van der Waals surface area contributed by atoms with Gasteiger partial charge in [0, 0.05) is 25.2 Å². The van der Waals surface area contributed by atoms with Crippen LogP contribution in [0.1, 0.15) is 31.7 Å². The fraction of sp³-hybridized carbons (Fsp3) is 0.647. The predicted molar refractivity (Wildman–Crippen MR) is 92.7 cm³/mol. The highest BCUT2D eigenvalue weighted by Crippen LogP contribution is 2.22. The molecule has 2 N–H and O–H groups in total. The van der Waals surface area contributed by atoms with E-state index in [4.69, 9.17) is 0 Å². The number of benzene rings is 1. The molecule has 2 fully saturated rings. The normalized spacial score (nSPS) is 27.3. The zero-order valence-corrected chi connectivity index (χ0v) is 14.6. The number of nitrogens with one attached hydrogen (secondary N) is 2. The molecule has 2 aliphatic heterocycles. The molecule has 23 heavy (non-hydrogen) atoms. The quantitative estimate of drug-likeness (QED) is 0.851. The van der Waals surface area contributed by atoms with Crippen LogP contribution in [0.5, 0.6) is 0 Å². The first kappa shape index (κ1) is 16.9. The fourth-order valence-corrected chi connectivity index (χ4v) is 5.07. The summed E-state index contributed by atoms with van der Waals surface area (Å²) in [6.07, 6.45) is 2.63. The van der Waals surface area contributed by atoms with Crippen LogP contribution >= 0.6 is 0 Å². The molecule has 0 aliphatic carbocycles. The molecule has 2 aliphatic rings. The zero-order chi connectivity index (χ0) is 16.3. The lowest BCUT2D eigenvalue weighted by molar-refractivity contribution is 0.173. The number of nitrogens with zero attached hydrogens (tertiary/aromatic N) is 1. The van der Waals surface area contributed by atoms with Crippen LogP contribution in [0.25, 0.3) is 0 Å². The highest BCUT2D eigenvalue weighted by Gasteiger charge is 2.34. The van der Waals surface area contributed by atoms with Crippen molar-refractivity contribution in [1.29, 1.82) is 0 Å². The van der Waals surface area contributed by atoms with Crippen LogP contribution in [0, 0.1) is 0 Å². The standard InChI is InChI=1S/C17H27N3O2S/c1-14-11-16(13-18-14)20-9-7-17(8-10-20)23(21,22)19-12-15-5-3-2-4-6-15/h2-6,14,16-19H,7-13H2,1H3. The molecule has 1 aromatic rings. The first-order chi connectivity index (χ1) is 11.0. The van der Waals surface area contributed by atoms with E-state index in [1.165, 1.54) is 6.42 Å². The molecular weight excluding hydrogens is 310 g/mol.